The summed E-state index contributed by atoms with van der Waals surface area (Å²) in [7, 11) is 0. The molecule has 4 atom stereocenters. The van der Waals surface area contributed by atoms with Crippen molar-refractivity contribution in [3.8, 4) is 0 Å². The number of halogens is 1. The predicted molar refractivity (Wildman–Crippen MR) is 65.0 cm³/mol. The van der Waals surface area contributed by atoms with Gasteiger partial charge in [-0.1, -0.05) is 34.3 Å². The van der Waals surface area contributed by atoms with E-state index < -0.39 is 0 Å². The standard InChI is InChI=1S/C13H19BrO/c14-8-5-6-11-12(7-8)9-3-1-2-4-10(9)13(11)15/h8-10,13,15H,1-7H2. The van der Waals surface area contributed by atoms with Crippen LogP contribution in [0.15, 0.2) is 11.1 Å². The molecule has 4 unspecified atom stereocenters. The fraction of sp³-hybridized carbons (Fsp3) is 0.846. The lowest BCUT2D eigenvalue weighted by Crippen LogP contribution is -2.25. The molecule has 0 aromatic rings. The summed E-state index contributed by atoms with van der Waals surface area (Å²) in [6.45, 7) is 0. The Bertz CT molecular complexity index is 297. The molecule has 1 nitrogen and oxygen atoms in total. The molecule has 15 heavy (non-hydrogen) atoms. The largest absolute Gasteiger partial charge is 0.388 e. The van der Waals surface area contributed by atoms with Gasteiger partial charge in [-0.05, 0) is 49.5 Å². The molecule has 0 saturated heterocycles. The minimum absolute atomic E-state index is 0.0784. The quantitative estimate of drug-likeness (QED) is 0.528. The van der Waals surface area contributed by atoms with Crippen molar-refractivity contribution in [2.75, 3.05) is 0 Å². The van der Waals surface area contributed by atoms with Crippen LogP contribution in [0.25, 0.3) is 0 Å². The van der Waals surface area contributed by atoms with Crippen molar-refractivity contribution in [1.29, 1.82) is 0 Å². The first kappa shape index (κ1) is 10.3. The van der Waals surface area contributed by atoms with Gasteiger partial charge in [-0.2, -0.15) is 0 Å². The van der Waals surface area contributed by atoms with Crippen LogP contribution in [0.1, 0.15) is 44.9 Å². The van der Waals surface area contributed by atoms with Crippen LogP contribution in [0.4, 0.5) is 0 Å². The highest BCUT2D eigenvalue weighted by Gasteiger charge is 2.43. The van der Waals surface area contributed by atoms with Crippen molar-refractivity contribution in [2.45, 2.75) is 55.9 Å². The molecule has 1 N–H and O–H groups in total. The average Bonchev–Trinajstić information content (AvgIpc) is 2.54. The van der Waals surface area contributed by atoms with Gasteiger partial charge in [0.2, 0.25) is 0 Å². The van der Waals surface area contributed by atoms with Gasteiger partial charge in [0.15, 0.2) is 0 Å². The molecular formula is C13H19BrO. The molecular weight excluding hydrogens is 252 g/mol. The third kappa shape index (κ3) is 1.61. The second-order valence-corrected chi connectivity index (χ2v) is 6.69. The van der Waals surface area contributed by atoms with Crippen LogP contribution in [-0.4, -0.2) is 16.0 Å². The van der Waals surface area contributed by atoms with E-state index in [2.05, 4.69) is 15.9 Å². The zero-order valence-electron chi connectivity index (χ0n) is 9.08. The van der Waals surface area contributed by atoms with Gasteiger partial charge in [-0.25, -0.2) is 0 Å². The molecule has 1 saturated carbocycles. The Labute approximate surface area is 100 Å². The summed E-state index contributed by atoms with van der Waals surface area (Å²) in [6.07, 6.45) is 8.77. The lowest BCUT2D eigenvalue weighted by atomic mass is 9.77. The summed E-state index contributed by atoms with van der Waals surface area (Å²) in [5.74, 6) is 1.32. The number of allylic oxidation sites excluding steroid dienone is 1. The van der Waals surface area contributed by atoms with Crippen LogP contribution in [0.5, 0.6) is 0 Å². The molecule has 0 aromatic carbocycles. The predicted octanol–water partition coefficient (Wildman–Crippen LogP) is 3.41. The first-order chi connectivity index (χ1) is 7.27. The van der Waals surface area contributed by atoms with E-state index in [1.54, 1.807) is 5.57 Å². The van der Waals surface area contributed by atoms with Crippen molar-refractivity contribution in [3.05, 3.63) is 11.1 Å². The van der Waals surface area contributed by atoms with Crippen molar-refractivity contribution in [3.63, 3.8) is 0 Å². The van der Waals surface area contributed by atoms with Gasteiger partial charge >= 0.3 is 0 Å². The Kier molecular flexibility index (Phi) is 2.68. The van der Waals surface area contributed by atoms with Gasteiger partial charge < -0.3 is 5.11 Å². The SMILES string of the molecule is OC1C2=C(CC(Br)CC2)C2CCCCC12. The number of hydrogen-bond acceptors (Lipinski definition) is 1. The fourth-order valence-corrected chi connectivity index (χ4v) is 4.48. The van der Waals surface area contributed by atoms with Gasteiger partial charge in [0.1, 0.15) is 0 Å². The topological polar surface area (TPSA) is 20.2 Å². The third-order valence-corrected chi connectivity index (χ3v) is 5.39. The maximum absolute atomic E-state index is 10.3. The molecule has 3 rings (SSSR count). The first-order valence-corrected chi connectivity index (χ1v) is 7.23. The van der Waals surface area contributed by atoms with Crippen LogP contribution < -0.4 is 0 Å². The molecule has 0 heterocycles. The molecule has 84 valence electrons. The summed E-state index contributed by atoms with van der Waals surface area (Å²) >= 11 is 3.75. The third-order valence-electron chi connectivity index (χ3n) is 4.61. The second-order valence-electron chi connectivity index (χ2n) is 5.39. The summed E-state index contributed by atoms with van der Waals surface area (Å²) in [5.41, 5.74) is 3.07. The maximum Gasteiger partial charge on any atom is 0.0786 e. The van der Waals surface area contributed by atoms with E-state index in [0.717, 1.165) is 12.3 Å². The number of aliphatic hydroxyl groups excluding tert-OH is 1. The van der Waals surface area contributed by atoms with E-state index in [1.165, 1.54) is 44.1 Å². The number of alkyl halides is 1. The molecule has 0 spiro atoms. The number of fused-ring (bicyclic) bond motifs is 2. The van der Waals surface area contributed by atoms with Crippen LogP contribution in [0, 0.1) is 11.8 Å². The van der Waals surface area contributed by atoms with E-state index in [-0.39, 0.29) is 6.10 Å². The van der Waals surface area contributed by atoms with Gasteiger partial charge in [0, 0.05) is 4.83 Å². The second kappa shape index (κ2) is 3.89. The van der Waals surface area contributed by atoms with Crippen LogP contribution in [0.2, 0.25) is 0 Å². The lowest BCUT2D eigenvalue weighted by Gasteiger charge is -2.29. The van der Waals surface area contributed by atoms with Gasteiger partial charge in [0.25, 0.3) is 0 Å². The minimum atomic E-state index is -0.0784. The van der Waals surface area contributed by atoms with Crippen molar-refractivity contribution in [1.82, 2.24) is 0 Å². The van der Waals surface area contributed by atoms with E-state index in [9.17, 15) is 5.11 Å². The van der Waals surface area contributed by atoms with Gasteiger partial charge in [-0.15, -0.1) is 0 Å². The molecule has 0 aliphatic heterocycles. The minimum Gasteiger partial charge on any atom is -0.388 e. The molecule has 0 radical (unpaired) electrons. The highest BCUT2D eigenvalue weighted by molar-refractivity contribution is 9.09. The normalized spacial score (nSPS) is 45.2. The summed E-state index contributed by atoms with van der Waals surface area (Å²) < 4.78 is 0. The van der Waals surface area contributed by atoms with Crippen molar-refractivity contribution >= 4 is 15.9 Å². The highest BCUT2D eigenvalue weighted by Crippen LogP contribution is 2.51. The highest BCUT2D eigenvalue weighted by atomic mass is 79.9. The number of hydrogen-bond donors (Lipinski definition) is 1. The molecule has 0 aromatic heterocycles. The molecule has 0 bridgehead atoms. The molecule has 3 aliphatic rings. The number of aliphatic hydroxyl groups is 1. The van der Waals surface area contributed by atoms with Crippen molar-refractivity contribution < 1.29 is 5.11 Å². The summed E-state index contributed by atoms with van der Waals surface area (Å²) in [5, 5.41) is 10.3. The monoisotopic (exact) mass is 270 g/mol. The summed E-state index contributed by atoms with van der Waals surface area (Å²) in [6, 6.07) is 0. The Balaban J connectivity index is 1.90. The van der Waals surface area contributed by atoms with Crippen LogP contribution >= 0.6 is 15.9 Å². The number of rotatable bonds is 0. The first-order valence-electron chi connectivity index (χ1n) is 6.31. The maximum atomic E-state index is 10.3. The Morgan fingerprint density at radius 2 is 1.87 bits per heavy atom. The van der Waals surface area contributed by atoms with Crippen LogP contribution in [-0.2, 0) is 0 Å². The van der Waals surface area contributed by atoms with Gasteiger partial charge in [0.05, 0.1) is 6.10 Å². The van der Waals surface area contributed by atoms with Crippen molar-refractivity contribution in [2.24, 2.45) is 11.8 Å². The van der Waals surface area contributed by atoms with E-state index in [1.807, 2.05) is 0 Å². The zero-order chi connectivity index (χ0) is 10.4. The molecule has 1 fully saturated rings. The van der Waals surface area contributed by atoms with E-state index in [4.69, 9.17) is 0 Å². The van der Waals surface area contributed by atoms with Gasteiger partial charge in [-0.3, -0.25) is 0 Å². The Hall–Kier alpha value is 0.180. The molecule has 2 heteroatoms. The smallest absolute Gasteiger partial charge is 0.0786 e. The lowest BCUT2D eigenvalue weighted by molar-refractivity contribution is 0.106. The van der Waals surface area contributed by atoms with E-state index in [0.29, 0.717) is 10.7 Å². The Morgan fingerprint density at radius 3 is 2.73 bits per heavy atom. The van der Waals surface area contributed by atoms with E-state index >= 15 is 0 Å². The zero-order valence-corrected chi connectivity index (χ0v) is 10.7. The molecule has 0 amide bonds. The summed E-state index contributed by atoms with van der Waals surface area (Å²) in [4.78, 5) is 0.670. The average molecular weight is 271 g/mol. The molecule has 3 aliphatic carbocycles. The Morgan fingerprint density at radius 1 is 1.07 bits per heavy atom. The van der Waals surface area contributed by atoms with Crippen LogP contribution in [0.3, 0.4) is 0 Å². The fourth-order valence-electron chi connectivity index (χ4n) is 3.90.